The fourth-order valence-electron chi connectivity index (χ4n) is 2.71. The topological polar surface area (TPSA) is 61.5 Å². The molecule has 0 amide bonds. The largest absolute Gasteiger partial charge is 0.393 e. The van der Waals surface area contributed by atoms with E-state index in [1.165, 1.54) is 6.42 Å². The van der Waals surface area contributed by atoms with Crippen molar-refractivity contribution in [2.24, 2.45) is 0 Å². The van der Waals surface area contributed by atoms with Gasteiger partial charge in [0.1, 0.15) is 12.0 Å². The van der Waals surface area contributed by atoms with Crippen molar-refractivity contribution in [1.29, 1.82) is 0 Å². The Morgan fingerprint density at radius 3 is 2.52 bits per heavy atom. The Bertz CT molecular complexity index is 442. The Hall–Kier alpha value is -1.56. The number of rotatable bonds is 6. The average Bonchev–Trinajstić information content (AvgIpc) is 2.53. The first kappa shape index (κ1) is 15.8. The fourth-order valence-corrected chi connectivity index (χ4v) is 2.71. The molecule has 21 heavy (non-hydrogen) atoms. The third kappa shape index (κ3) is 3.75. The maximum atomic E-state index is 6.33. The molecule has 1 aromatic rings. The molecule has 0 spiro atoms. The number of piperazine rings is 1. The first-order valence-electron chi connectivity index (χ1n) is 7.96. The number of nitrogen functional groups attached to an aromatic ring is 1. The Morgan fingerprint density at radius 1 is 1.19 bits per heavy atom. The number of nitrogens with zero attached hydrogens (tertiary/aromatic N) is 5. The van der Waals surface area contributed by atoms with E-state index >= 15 is 0 Å². The molecule has 2 N–H and O–H groups in total. The number of hydrogen-bond acceptors (Lipinski definition) is 6. The third-order valence-corrected chi connectivity index (χ3v) is 4.17. The van der Waals surface area contributed by atoms with Crippen LogP contribution in [0, 0.1) is 0 Å². The highest BCUT2D eigenvalue weighted by Crippen LogP contribution is 2.28. The molecule has 2 rings (SSSR count). The Morgan fingerprint density at radius 2 is 1.90 bits per heavy atom. The van der Waals surface area contributed by atoms with E-state index < -0.39 is 0 Å². The molecule has 0 radical (unpaired) electrons. The number of aromatic nitrogens is 2. The summed E-state index contributed by atoms with van der Waals surface area (Å²) in [5.74, 6) is 1.74. The van der Waals surface area contributed by atoms with Crippen molar-refractivity contribution in [3.63, 3.8) is 0 Å². The molecule has 0 atom stereocenters. The van der Waals surface area contributed by atoms with E-state index in [-0.39, 0.29) is 0 Å². The summed E-state index contributed by atoms with van der Waals surface area (Å²) in [4.78, 5) is 15.6. The summed E-state index contributed by atoms with van der Waals surface area (Å²) in [7, 11) is 2.05. The second kappa shape index (κ2) is 7.45. The minimum atomic E-state index is 0.709. The summed E-state index contributed by atoms with van der Waals surface area (Å²) in [6, 6.07) is 0. The van der Waals surface area contributed by atoms with Crippen LogP contribution in [0.2, 0.25) is 0 Å². The monoisotopic (exact) mass is 292 g/mol. The molecule has 1 aliphatic heterocycles. The zero-order valence-corrected chi connectivity index (χ0v) is 13.5. The van der Waals surface area contributed by atoms with Crippen LogP contribution in [0.5, 0.6) is 0 Å². The van der Waals surface area contributed by atoms with E-state index in [1.54, 1.807) is 6.33 Å². The van der Waals surface area contributed by atoms with Gasteiger partial charge >= 0.3 is 0 Å². The van der Waals surface area contributed by atoms with E-state index in [4.69, 9.17) is 5.73 Å². The maximum absolute atomic E-state index is 6.33. The van der Waals surface area contributed by atoms with Crippen LogP contribution < -0.4 is 15.5 Å². The molecule has 1 saturated heterocycles. The van der Waals surface area contributed by atoms with Crippen molar-refractivity contribution in [2.75, 3.05) is 61.8 Å². The summed E-state index contributed by atoms with van der Waals surface area (Å²) < 4.78 is 0. The number of unbranched alkanes of at least 4 members (excludes halogenated alkanes) is 1. The number of nitrogens with two attached hydrogens (primary N) is 1. The molecule has 1 aliphatic rings. The number of hydrogen-bond donors (Lipinski definition) is 1. The van der Waals surface area contributed by atoms with Crippen LogP contribution in [0.4, 0.5) is 17.3 Å². The van der Waals surface area contributed by atoms with Crippen LogP contribution >= 0.6 is 0 Å². The molecule has 1 aromatic heterocycles. The van der Waals surface area contributed by atoms with Gasteiger partial charge in [-0.05, 0) is 13.0 Å². The predicted molar refractivity (Wildman–Crippen MR) is 88.9 cm³/mol. The first-order valence-corrected chi connectivity index (χ1v) is 7.96. The van der Waals surface area contributed by atoms with Gasteiger partial charge in [-0.3, -0.25) is 0 Å². The van der Waals surface area contributed by atoms with Crippen molar-refractivity contribution in [1.82, 2.24) is 14.9 Å². The molecule has 0 unspecified atom stereocenters. The van der Waals surface area contributed by atoms with Gasteiger partial charge in [-0.1, -0.05) is 20.3 Å². The van der Waals surface area contributed by atoms with Gasteiger partial charge in [-0.2, -0.15) is 0 Å². The zero-order valence-electron chi connectivity index (χ0n) is 13.5. The molecule has 0 aliphatic carbocycles. The SMILES string of the molecule is CCCCN(C)c1ncnc(N2CCN(CC)CC2)c1N. The Balaban J connectivity index is 2.10. The van der Waals surface area contributed by atoms with E-state index in [0.29, 0.717) is 5.69 Å². The Labute approximate surface area is 127 Å². The molecular formula is C15H28N6. The summed E-state index contributed by atoms with van der Waals surface area (Å²) in [5.41, 5.74) is 7.04. The molecule has 0 aromatic carbocycles. The predicted octanol–water partition coefficient (Wildman–Crippen LogP) is 1.44. The van der Waals surface area contributed by atoms with Gasteiger partial charge < -0.3 is 20.4 Å². The molecule has 0 bridgehead atoms. The third-order valence-electron chi connectivity index (χ3n) is 4.17. The first-order chi connectivity index (χ1) is 10.2. The van der Waals surface area contributed by atoms with Gasteiger partial charge in [-0.25, -0.2) is 9.97 Å². The quantitative estimate of drug-likeness (QED) is 0.856. The highest BCUT2D eigenvalue weighted by atomic mass is 15.3. The zero-order chi connectivity index (χ0) is 15.2. The molecule has 6 nitrogen and oxygen atoms in total. The Kier molecular flexibility index (Phi) is 5.61. The lowest BCUT2D eigenvalue weighted by molar-refractivity contribution is 0.270. The van der Waals surface area contributed by atoms with Crippen molar-refractivity contribution in [3.8, 4) is 0 Å². The van der Waals surface area contributed by atoms with E-state index in [9.17, 15) is 0 Å². The van der Waals surface area contributed by atoms with Crippen LogP contribution in [0.3, 0.4) is 0 Å². The highest BCUT2D eigenvalue weighted by molar-refractivity contribution is 5.75. The van der Waals surface area contributed by atoms with Crippen LogP contribution in [-0.4, -0.2) is 61.2 Å². The smallest absolute Gasteiger partial charge is 0.157 e. The van der Waals surface area contributed by atoms with E-state index in [2.05, 4.69) is 38.5 Å². The molecule has 2 heterocycles. The second-order valence-corrected chi connectivity index (χ2v) is 5.63. The normalized spacial score (nSPS) is 16.2. The van der Waals surface area contributed by atoms with Crippen molar-refractivity contribution >= 4 is 17.3 Å². The molecule has 1 fully saturated rings. The van der Waals surface area contributed by atoms with Gasteiger partial charge in [0.05, 0.1) is 0 Å². The van der Waals surface area contributed by atoms with Gasteiger partial charge in [0.2, 0.25) is 0 Å². The van der Waals surface area contributed by atoms with Crippen LogP contribution in [0.25, 0.3) is 0 Å². The van der Waals surface area contributed by atoms with Crippen molar-refractivity contribution in [3.05, 3.63) is 6.33 Å². The molecular weight excluding hydrogens is 264 g/mol. The lowest BCUT2D eigenvalue weighted by atomic mass is 10.2. The standard InChI is InChI=1S/C15H28N6/c1-4-6-7-19(3)14-13(16)15(18-12-17-14)21-10-8-20(5-2)9-11-21/h12H,4-11,16H2,1-3H3. The minimum Gasteiger partial charge on any atom is -0.393 e. The fraction of sp³-hybridized carbons (Fsp3) is 0.733. The number of anilines is 3. The summed E-state index contributed by atoms with van der Waals surface area (Å²) in [6.45, 7) is 10.6. The molecule has 118 valence electrons. The molecule has 6 heteroatoms. The highest BCUT2D eigenvalue weighted by Gasteiger charge is 2.21. The van der Waals surface area contributed by atoms with Gasteiger partial charge in [-0.15, -0.1) is 0 Å². The lowest BCUT2D eigenvalue weighted by Crippen LogP contribution is -2.46. The minimum absolute atomic E-state index is 0.709. The van der Waals surface area contributed by atoms with Gasteiger partial charge in [0.15, 0.2) is 11.6 Å². The average molecular weight is 292 g/mol. The molecule has 0 saturated carbocycles. The maximum Gasteiger partial charge on any atom is 0.157 e. The van der Waals surface area contributed by atoms with Crippen LogP contribution in [0.1, 0.15) is 26.7 Å². The van der Waals surface area contributed by atoms with Crippen LogP contribution in [-0.2, 0) is 0 Å². The van der Waals surface area contributed by atoms with Crippen LogP contribution in [0.15, 0.2) is 6.33 Å². The summed E-state index contributed by atoms with van der Waals surface area (Å²) >= 11 is 0. The van der Waals surface area contributed by atoms with Gasteiger partial charge in [0, 0.05) is 39.8 Å². The lowest BCUT2D eigenvalue weighted by Gasteiger charge is -2.35. The van der Waals surface area contributed by atoms with Crippen molar-refractivity contribution < 1.29 is 0 Å². The van der Waals surface area contributed by atoms with E-state index in [1.807, 2.05) is 7.05 Å². The second-order valence-electron chi connectivity index (χ2n) is 5.63. The number of likely N-dealkylation sites (N-methyl/N-ethyl adjacent to an activating group) is 1. The summed E-state index contributed by atoms with van der Waals surface area (Å²) in [5, 5.41) is 0. The van der Waals surface area contributed by atoms with E-state index in [0.717, 1.165) is 57.3 Å². The summed E-state index contributed by atoms with van der Waals surface area (Å²) in [6.07, 6.45) is 3.95. The van der Waals surface area contributed by atoms with Crippen molar-refractivity contribution in [2.45, 2.75) is 26.7 Å². The van der Waals surface area contributed by atoms with Gasteiger partial charge in [0.25, 0.3) is 0 Å².